The van der Waals surface area contributed by atoms with Crippen molar-refractivity contribution in [3.8, 4) is 11.3 Å². The van der Waals surface area contributed by atoms with Gasteiger partial charge in [0.2, 0.25) is 5.91 Å². The van der Waals surface area contributed by atoms with Gasteiger partial charge in [0.1, 0.15) is 0 Å². The molecule has 4 rings (SSSR count). The van der Waals surface area contributed by atoms with Crippen molar-refractivity contribution in [2.24, 2.45) is 0 Å². The number of benzene rings is 2. The molecule has 0 unspecified atom stereocenters. The van der Waals surface area contributed by atoms with Crippen molar-refractivity contribution in [1.29, 1.82) is 0 Å². The first-order valence-corrected chi connectivity index (χ1v) is 14.7. The van der Waals surface area contributed by atoms with E-state index in [0.717, 1.165) is 39.3 Å². The Morgan fingerprint density at radius 1 is 0.974 bits per heavy atom. The first-order valence-electron chi connectivity index (χ1n) is 13.3. The molecule has 9 heteroatoms. The van der Waals surface area contributed by atoms with Crippen LogP contribution in [0.4, 0.5) is 0 Å². The summed E-state index contributed by atoms with van der Waals surface area (Å²) in [6.07, 6.45) is 1.46. The highest BCUT2D eigenvalue weighted by Crippen LogP contribution is 2.28. The van der Waals surface area contributed by atoms with Crippen LogP contribution in [-0.4, -0.2) is 53.5 Å². The highest BCUT2D eigenvalue weighted by molar-refractivity contribution is 7.86. The maximum Gasteiger partial charge on any atom is 0.296 e. The summed E-state index contributed by atoms with van der Waals surface area (Å²) in [4.78, 5) is 19.8. The van der Waals surface area contributed by atoms with Gasteiger partial charge in [-0.15, -0.1) is 0 Å². The van der Waals surface area contributed by atoms with Crippen LogP contribution in [-0.2, 0) is 31.9 Å². The van der Waals surface area contributed by atoms with E-state index in [1.54, 1.807) is 24.3 Å². The molecule has 39 heavy (non-hydrogen) atoms. The van der Waals surface area contributed by atoms with Gasteiger partial charge in [0, 0.05) is 35.6 Å². The lowest BCUT2D eigenvalue weighted by molar-refractivity contribution is -0.130. The summed E-state index contributed by atoms with van der Waals surface area (Å²) in [6, 6.07) is 16.6. The van der Waals surface area contributed by atoms with Gasteiger partial charge in [-0.2, -0.15) is 13.5 Å². The molecule has 0 aliphatic carbocycles. The van der Waals surface area contributed by atoms with Crippen molar-refractivity contribution in [2.45, 2.75) is 58.8 Å². The van der Waals surface area contributed by atoms with Gasteiger partial charge in [0.05, 0.1) is 23.6 Å². The number of carbonyl (C=O) groups excluding carboxylic acids is 1. The molecule has 0 radical (unpaired) electrons. The van der Waals surface area contributed by atoms with Crippen LogP contribution in [0.1, 0.15) is 48.3 Å². The van der Waals surface area contributed by atoms with Crippen molar-refractivity contribution in [3.05, 3.63) is 82.7 Å². The van der Waals surface area contributed by atoms with E-state index in [1.807, 2.05) is 74.4 Å². The average molecular weight is 549 g/mol. The number of hydrogen-bond donors (Lipinski definition) is 0. The van der Waals surface area contributed by atoms with E-state index < -0.39 is 10.1 Å². The number of likely N-dealkylation sites (N-methyl/N-ethyl adjacent to an activating group) is 1. The predicted octanol–water partition coefficient (Wildman–Crippen LogP) is 5.07. The lowest BCUT2D eigenvalue weighted by Crippen LogP contribution is -2.31. The fourth-order valence-corrected chi connectivity index (χ4v) is 5.59. The minimum Gasteiger partial charge on any atom is -0.343 e. The van der Waals surface area contributed by atoms with Crippen LogP contribution < -0.4 is 0 Å². The Morgan fingerprint density at radius 2 is 1.64 bits per heavy atom. The first-order chi connectivity index (χ1) is 18.6. The molecule has 0 fully saturated rings. The van der Waals surface area contributed by atoms with Crippen LogP contribution in [0.25, 0.3) is 16.9 Å². The second kappa shape index (κ2) is 12.1. The largest absolute Gasteiger partial charge is 0.343 e. The number of aromatic nitrogens is 3. The average Bonchev–Trinajstić information content (AvgIpc) is 3.26. The smallest absolute Gasteiger partial charge is 0.296 e. The summed E-state index contributed by atoms with van der Waals surface area (Å²) in [5.74, 6) is 0.0503. The first kappa shape index (κ1) is 28.4. The number of aryl methyl sites for hydroxylation is 4. The van der Waals surface area contributed by atoms with Crippen LogP contribution in [0.15, 0.2) is 59.5 Å². The summed E-state index contributed by atoms with van der Waals surface area (Å²) in [7, 11) is -3.77. The molecule has 2 aromatic carbocycles. The quantitative estimate of drug-likeness (QED) is 0.192. The highest BCUT2D eigenvalue weighted by atomic mass is 32.2. The Labute approximate surface area is 230 Å². The fourth-order valence-electron chi connectivity index (χ4n) is 4.65. The van der Waals surface area contributed by atoms with Gasteiger partial charge < -0.3 is 4.90 Å². The highest BCUT2D eigenvalue weighted by Gasteiger charge is 2.22. The molecule has 0 N–H and O–H groups in total. The van der Waals surface area contributed by atoms with E-state index in [0.29, 0.717) is 31.6 Å². The van der Waals surface area contributed by atoms with Gasteiger partial charge in [-0.25, -0.2) is 9.50 Å². The lowest BCUT2D eigenvalue weighted by atomic mass is 10.0. The van der Waals surface area contributed by atoms with Crippen LogP contribution in [0.2, 0.25) is 0 Å². The number of amides is 1. The lowest BCUT2D eigenvalue weighted by Gasteiger charge is -2.18. The second-order valence-electron chi connectivity index (χ2n) is 9.73. The molecule has 206 valence electrons. The van der Waals surface area contributed by atoms with Gasteiger partial charge >= 0.3 is 0 Å². The number of rotatable bonds is 11. The zero-order valence-electron chi connectivity index (χ0n) is 23.3. The van der Waals surface area contributed by atoms with E-state index >= 15 is 0 Å². The molecular weight excluding hydrogens is 512 g/mol. The molecule has 0 atom stereocenters. The molecule has 2 aromatic heterocycles. The topological polar surface area (TPSA) is 93.9 Å². The van der Waals surface area contributed by atoms with Crippen molar-refractivity contribution >= 4 is 21.7 Å². The van der Waals surface area contributed by atoms with Crippen LogP contribution in [0.3, 0.4) is 0 Å². The molecule has 0 saturated carbocycles. The molecule has 4 aromatic rings. The number of carbonyl (C=O) groups is 1. The van der Waals surface area contributed by atoms with Gasteiger partial charge in [0.15, 0.2) is 5.65 Å². The van der Waals surface area contributed by atoms with Gasteiger partial charge in [-0.05, 0) is 71.2 Å². The van der Waals surface area contributed by atoms with Crippen molar-refractivity contribution in [3.63, 3.8) is 0 Å². The summed E-state index contributed by atoms with van der Waals surface area (Å²) in [5.41, 5.74) is 7.06. The summed E-state index contributed by atoms with van der Waals surface area (Å²) < 4.78 is 31.8. The van der Waals surface area contributed by atoms with Gasteiger partial charge in [-0.1, -0.05) is 42.0 Å². The zero-order chi connectivity index (χ0) is 28.2. The molecule has 0 bridgehead atoms. The fraction of sp³-hybridized carbons (Fsp3) is 0.367. The predicted molar refractivity (Wildman–Crippen MR) is 152 cm³/mol. The summed E-state index contributed by atoms with van der Waals surface area (Å²) >= 11 is 0. The molecule has 0 aliphatic heterocycles. The van der Waals surface area contributed by atoms with Crippen molar-refractivity contribution in [2.75, 3.05) is 19.7 Å². The van der Waals surface area contributed by atoms with Crippen LogP contribution in [0.5, 0.6) is 0 Å². The monoisotopic (exact) mass is 548 g/mol. The summed E-state index contributed by atoms with van der Waals surface area (Å²) in [6.45, 7) is 11.2. The maximum atomic E-state index is 13.1. The minimum atomic E-state index is -3.77. The normalized spacial score (nSPS) is 11.7. The summed E-state index contributed by atoms with van der Waals surface area (Å²) in [5, 5.41) is 4.85. The maximum absolute atomic E-state index is 13.1. The standard InChI is InChI=1S/C30H36N4O4S/c1-6-33(7-2)28(35)20-27-29(32-34-23(5)19-22(4)31-30(27)34)25-14-12-24(13-15-25)9-8-18-38-39(36,37)26-16-10-21(3)11-17-26/h10-17,19H,6-9,18,20H2,1-5H3. The number of nitrogens with zero attached hydrogens (tertiary/aromatic N) is 4. The molecular formula is C30H36N4O4S. The van der Waals surface area contributed by atoms with Gasteiger partial charge in [0.25, 0.3) is 10.1 Å². The Kier molecular flexibility index (Phi) is 8.82. The Hall–Kier alpha value is -3.56. The molecule has 0 saturated heterocycles. The van der Waals surface area contributed by atoms with Crippen molar-refractivity contribution in [1.82, 2.24) is 19.5 Å². The van der Waals surface area contributed by atoms with E-state index in [4.69, 9.17) is 14.3 Å². The molecule has 0 aliphatic rings. The Bertz CT molecular complexity index is 1560. The minimum absolute atomic E-state index is 0.0503. The van der Waals surface area contributed by atoms with Gasteiger partial charge in [-0.3, -0.25) is 8.98 Å². The molecule has 1 amide bonds. The molecule has 8 nitrogen and oxygen atoms in total. The third-order valence-corrected chi connectivity index (χ3v) is 8.15. The SMILES string of the molecule is CCN(CC)C(=O)Cc1c(-c2ccc(CCCOS(=O)(=O)c3ccc(C)cc3)cc2)nn2c(C)cc(C)nc12. The number of fused-ring (bicyclic) bond motifs is 1. The van der Waals surface area contributed by atoms with Crippen LogP contribution in [0, 0.1) is 20.8 Å². The van der Waals surface area contributed by atoms with Crippen molar-refractivity contribution < 1.29 is 17.4 Å². The molecule has 2 heterocycles. The Morgan fingerprint density at radius 3 is 2.28 bits per heavy atom. The Balaban J connectivity index is 1.50. The van der Waals surface area contributed by atoms with E-state index in [-0.39, 0.29) is 23.8 Å². The number of hydrogen-bond acceptors (Lipinski definition) is 6. The third kappa shape index (κ3) is 6.54. The van der Waals surface area contributed by atoms with E-state index in [9.17, 15) is 13.2 Å². The van der Waals surface area contributed by atoms with E-state index in [2.05, 4.69) is 0 Å². The third-order valence-electron chi connectivity index (χ3n) is 6.82. The van der Waals surface area contributed by atoms with E-state index in [1.165, 1.54) is 0 Å². The second-order valence-corrected chi connectivity index (χ2v) is 11.3. The molecule has 0 spiro atoms. The van der Waals surface area contributed by atoms with Crippen LogP contribution >= 0.6 is 0 Å². The zero-order valence-corrected chi connectivity index (χ0v) is 24.1.